The molecule has 3 aromatic rings. The number of nitrogens with zero attached hydrogens (tertiary/aromatic N) is 1. The number of carboxylic acid groups (broad SMARTS) is 1. The molecule has 0 bridgehead atoms. The van der Waals surface area contributed by atoms with Crippen molar-refractivity contribution in [3.8, 4) is 28.4 Å². The van der Waals surface area contributed by atoms with Crippen LogP contribution in [0.3, 0.4) is 0 Å². The van der Waals surface area contributed by atoms with E-state index in [4.69, 9.17) is 14.2 Å². The van der Waals surface area contributed by atoms with Gasteiger partial charge in [-0.2, -0.15) is 13.2 Å². The number of rotatable bonds is 7. The number of aliphatic carboxylic acids is 1. The summed E-state index contributed by atoms with van der Waals surface area (Å²) in [5.41, 5.74) is -1.22. The predicted molar refractivity (Wildman–Crippen MR) is 129 cm³/mol. The van der Waals surface area contributed by atoms with Crippen LogP contribution in [0.5, 0.6) is 17.2 Å². The summed E-state index contributed by atoms with van der Waals surface area (Å²) in [4.78, 5) is 15.5. The second-order valence-corrected chi connectivity index (χ2v) is 9.59. The van der Waals surface area contributed by atoms with E-state index in [0.29, 0.717) is 11.5 Å². The van der Waals surface area contributed by atoms with Gasteiger partial charge in [-0.15, -0.1) is 0 Å². The number of hydrogen-bond donors (Lipinski definition) is 1. The van der Waals surface area contributed by atoms with Crippen LogP contribution in [0.1, 0.15) is 48.7 Å². The van der Waals surface area contributed by atoms with E-state index >= 15 is 0 Å². The molecule has 0 spiro atoms. The first kappa shape index (κ1) is 25.8. The average Bonchev–Trinajstić information content (AvgIpc) is 3.73. The average molecular weight is 532 g/mol. The minimum absolute atomic E-state index is 0.0296. The summed E-state index contributed by atoms with van der Waals surface area (Å²) in [6.45, 7) is 1.58. The molecule has 6 nitrogen and oxygen atoms in total. The van der Waals surface area contributed by atoms with Crippen molar-refractivity contribution in [3.05, 3.63) is 71.3 Å². The van der Waals surface area contributed by atoms with Crippen LogP contribution in [-0.2, 0) is 11.0 Å². The van der Waals surface area contributed by atoms with Gasteiger partial charge >= 0.3 is 12.1 Å². The molecule has 0 unspecified atom stereocenters. The molecule has 1 fully saturated rings. The maximum Gasteiger partial charge on any atom is 0.433 e. The van der Waals surface area contributed by atoms with Gasteiger partial charge in [0, 0.05) is 11.1 Å². The first-order valence-electron chi connectivity index (χ1n) is 12.1. The summed E-state index contributed by atoms with van der Waals surface area (Å²) >= 11 is 0. The Labute approximate surface area is 216 Å². The quantitative estimate of drug-likeness (QED) is 0.345. The molecular weight excluding hydrogens is 506 g/mol. The fourth-order valence-electron chi connectivity index (χ4n) is 4.94. The Morgan fingerprint density at radius 3 is 2.50 bits per heavy atom. The van der Waals surface area contributed by atoms with Crippen LogP contribution in [-0.4, -0.2) is 29.8 Å². The smallest absolute Gasteiger partial charge is 0.433 e. The Bertz CT molecular complexity index is 1370. The van der Waals surface area contributed by atoms with Gasteiger partial charge in [0.2, 0.25) is 0 Å². The third kappa shape index (κ3) is 4.99. The minimum Gasteiger partial charge on any atom is -0.497 e. The first-order valence-corrected chi connectivity index (χ1v) is 12.1. The van der Waals surface area contributed by atoms with Crippen LogP contribution in [0.15, 0.2) is 48.5 Å². The highest BCUT2D eigenvalue weighted by molar-refractivity contribution is 5.71. The lowest BCUT2D eigenvalue weighted by Gasteiger charge is -2.29. The zero-order valence-corrected chi connectivity index (χ0v) is 20.6. The van der Waals surface area contributed by atoms with E-state index in [0.717, 1.165) is 30.5 Å². The minimum atomic E-state index is -4.87. The van der Waals surface area contributed by atoms with Gasteiger partial charge in [-0.05, 0) is 66.6 Å². The van der Waals surface area contributed by atoms with Crippen molar-refractivity contribution in [1.82, 2.24) is 4.98 Å². The van der Waals surface area contributed by atoms with Gasteiger partial charge in [-0.3, -0.25) is 4.79 Å². The van der Waals surface area contributed by atoms with E-state index in [9.17, 15) is 27.5 Å². The number of pyridine rings is 1. The number of halogens is 4. The van der Waals surface area contributed by atoms with Crippen LogP contribution in [0.25, 0.3) is 11.1 Å². The molecule has 2 aliphatic rings. The number of benzene rings is 2. The van der Waals surface area contributed by atoms with Gasteiger partial charge in [0.15, 0.2) is 23.3 Å². The van der Waals surface area contributed by atoms with Crippen molar-refractivity contribution < 1.29 is 41.7 Å². The number of aromatic nitrogens is 1. The Morgan fingerprint density at radius 1 is 1.08 bits per heavy atom. The van der Waals surface area contributed by atoms with Gasteiger partial charge < -0.3 is 19.3 Å². The Balaban J connectivity index is 1.48. The maximum absolute atomic E-state index is 14.5. The highest BCUT2D eigenvalue weighted by Gasteiger charge is 2.40. The number of hydrogen-bond acceptors (Lipinski definition) is 5. The lowest BCUT2D eigenvalue weighted by molar-refractivity contribution is -0.142. The van der Waals surface area contributed by atoms with Crippen LogP contribution in [0, 0.1) is 17.7 Å². The number of carbonyl (C=O) groups is 1. The third-order valence-corrected chi connectivity index (χ3v) is 7.05. The summed E-state index contributed by atoms with van der Waals surface area (Å²) in [6, 6.07) is 11.3. The van der Waals surface area contributed by atoms with E-state index in [-0.39, 0.29) is 35.4 Å². The number of methoxy groups -OCH3 is 1. The molecule has 2 heterocycles. The SMILES string of the molecule is COc1ccc(F)c(-c2ccc([C@@H]3COc4ccc([C@H](C5CC5)[C@H](C)C(=O)O)cc4O3)nc2C(F)(F)F)c1. The van der Waals surface area contributed by atoms with E-state index in [2.05, 4.69) is 4.98 Å². The molecule has 38 heavy (non-hydrogen) atoms. The molecular formula is C28H25F4NO5. The molecule has 0 radical (unpaired) electrons. The summed E-state index contributed by atoms with van der Waals surface area (Å²) in [6.07, 6.45) is -3.96. The summed E-state index contributed by atoms with van der Waals surface area (Å²) in [5, 5.41) is 9.58. The van der Waals surface area contributed by atoms with Crippen molar-refractivity contribution in [2.24, 2.45) is 11.8 Å². The summed E-state index contributed by atoms with van der Waals surface area (Å²) in [7, 11) is 1.34. The molecule has 0 saturated heterocycles. The number of fused-ring (bicyclic) bond motifs is 1. The van der Waals surface area contributed by atoms with Crippen LogP contribution in [0.4, 0.5) is 17.6 Å². The van der Waals surface area contributed by atoms with Gasteiger partial charge in [0.1, 0.15) is 18.2 Å². The van der Waals surface area contributed by atoms with Crippen molar-refractivity contribution >= 4 is 5.97 Å². The molecule has 1 aliphatic heterocycles. The lowest BCUT2D eigenvalue weighted by atomic mass is 9.83. The molecule has 5 rings (SSSR count). The van der Waals surface area contributed by atoms with Gasteiger partial charge in [-0.1, -0.05) is 19.1 Å². The van der Waals surface area contributed by atoms with Gasteiger partial charge in [-0.25, -0.2) is 9.37 Å². The second-order valence-electron chi connectivity index (χ2n) is 9.59. The monoisotopic (exact) mass is 531 g/mol. The largest absolute Gasteiger partial charge is 0.497 e. The normalized spacial score (nSPS) is 18.5. The van der Waals surface area contributed by atoms with Crippen LogP contribution in [0.2, 0.25) is 0 Å². The third-order valence-electron chi connectivity index (χ3n) is 7.05. The molecule has 1 saturated carbocycles. The van der Waals surface area contributed by atoms with E-state index < -0.39 is 41.2 Å². The van der Waals surface area contributed by atoms with E-state index in [1.54, 1.807) is 19.1 Å². The summed E-state index contributed by atoms with van der Waals surface area (Å²) < 4.78 is 73.5. The second kappa shape index (κ2) is 9.81. The van der Waals surface area contributed by atoms with Crippen molar-refractivity contribution in [1.29, 1.82) is 0 Å². The molecule has 1 N–H and O–H groups in total. The highest BCUT2D eigenvalue weighted by atomic mass is 19.4. The molecule has 1 aliphatic carbocycles. The topological polar surface area (TPSA) is 77.9 Å². The molecule has 200 valence electrons. The van der Waals surface area contributed by atoms with Crippen molar-refractivity contribution in [2.75, 3.05) is 13.7 Å². The number of carboxylic acids is 1. The fraction of sp³-hybridized carbons (Fsp3) is 0.357. The lowest BCUT2D eigenvalue weighted by Crippen LogP contribution is -2.25. The van der Waals surface area contributed by atoms with E-state index in [1.165, 1.54) is 25.3 Å². The predicted octanol–water partition coefficient (Wildman–Crippen LogP) is 6.64. The highest BCUT2D eigenvalue weighted by Crippen LogP contribution is 2.49. The maximum atomic E-state index is 14.5. The molecule has 0 amide bonds. The molecule has 10 heteroatoms. The first-order chi connectivity index (χ1) is 18.1. The molecule has 2 aromatic carbocycles. The van der Waals surface area contributed by atoms with Crippen LogP contribution >= 0.6 is 0 Å². The van der Waals surface area contributed by atoms with E-state index in [1.807, 2.05) is 6.07 Å². The zero-order valence-electron chi connectivity index (χ0n) is 20.6. The van der Waals surface area contributed by atoms with Crippen LogP contribution < -0.4 is 14.2 Å². The Morgan fingerprint density at radius 2 is 1.84 bits per heavy atom. The fourth-order valence-corrected chi connectivity index (χ4v) is 4.94. The number of alkyl halides is 3. The number of ether oxygens (including phenoxy) is 3. The van der Waals surface area contributed by atoms with Crippen molar-refractivity contribution in [3.63, 3.8) is 0 Å². The Hall–Kier alpha value is -3.82. The van der Waals surface area contributed by atoms with Gasteiger partial charge in [0.25, 0.3) is 0 Å². The van der Waals surface area contributed by atoms with Gasteiger partial charge in [0.05, 0.1) is 18.7 Å². The Kier molecular flexibility index (Phi) is 6.66. The summed E-state index contributed by atoms with van der Waals surface area (Å²) in [5.74, 6) is -1.39. The zero-order chi connectivity index (χ0) is 27.2. The molecule has 3 atom stereocenters. The standard InChI is InChI=1S/C28H25F4NO5/c1-14(27(34)35)25(15-3-4-15)16-5-10-22-23(11-16)38-24(13-37-22)21-9-7-18(26(33-21)28(30,31)32)19-12-17(36-2)6-8-20(19)29/h5-12,14-15,24-25H,3-4,13H2,1-2H3,(H,34,35)/t14-,24-,25-/m0/s1. The molecule has 1 aromatic heterocycles. The van der Waals surface area contributed by atoms with Crippen molar-refractivity contribution in [2.45, 2.75) is 38.0 Å².